The van der Waals surface area contributed by atoms with Crippen LogP contribution in [0.5, 0.6) is 0 Å². The summed E-state index contributed by atoms with van der Waals surface area (Å²) >= 11 is 0. The Labute approximate surface area is 178 Å². The first-order chi connectivity index (χ1) is 14.7. The summed E-state index contributed by atoms with van der Waals surface area (Å²) in [5.41, 5.74) is 8.70. The summed E-state index contributed by atoms with van der Waals surface area (Å²) < 4.78 is 0. The van der Waals surface area contributed by atoms with Gasteiger partial charge >= 0.3 is 12.0 Å². The molecule has 3 amide bonds. The summed E-state index contributed by atoms with van der Waals surface area (Å²) in [6.45, 7) is 5.75. The topological polar surface area (TPSA) is 150 Å². The molecule has 158 valence electrons. The fourth-order valence-electron chi connectivity index (χ4n) is 2.84. The molecule has 0 unspecified atom stereocenters. The number of carbonyl (C=O) groups excluding carboxylic acids is 2. The first-order valence-corrected chi connectivity index (χ1v) is 9.28. The number of rotatable bonds is 7. The Hall–Kier alpha value is -4.40. The van der Waals surface area contributed by atoms with Gasteiger partial charge in [0, 0.05) is 12.1 Å². The molecule has 0 aliphatic heterocycles. The molecule has 0 fully saturated rings. The quantitative estimate of drug-likeness (QED) is 0.397. The molecule has 3 rings (SSSR count). The van der Waals surface area contributed by atoms with Crippen LogP contribution in [0.1, 0.15) is 44.7 Å². The van der Waals surface area contributed by atoms with Crippen LogP contribution in [0.3, 0.4) is 0 Å². The zero-order valence-corrected chi connectivity index (χ0v) is 16.7. The minimum Gasteiger partial charge on any atom is -0.478 e. The number of hydrogen-bond donors (Lipinski definition) is 5. The van der Waals surface area contributed by atoms with Gasteiger partial charge in [0.1, 0.15) is 11.5 Å². The van der Waals surface area contributed by atoms with Crippen LogP contribution in [0.25, 0.3) is 5.57 Å². The number of anilines is 2. The van der Waals surface area contributed by atoms with Crippen LogP contribution in [-0.2, 0) is 6.42 Å². The summed E-state index contributed by atoms with van der Waals surface area (Å²) in [6.07, 6.45) is 0.284. The maximum absolute atomic E-state index is 12.3. The number of aromatic amines is 1. The minimum absolute atomic E-state index is 0.000659. The maximum Gasteiger partial charge on any atom is 0.335 e. The molecule has 0 aliphatic rings. The average molecular weight is 419 g/mol. The number of hydrogen-bond acceptors (Lipinski definition) is 4. The number of nitrogens with two attached hydrogens (primary N) is 1. The van der Waals surface area contributed by atoms with E-state index in [9.17, 15) is 14.4 Å². The summed E-state index contributed by atoms with van der Waals surface area (Å²) in [6, 6.07) is 12.8. The van der Waals surface area contributed by atoms with Crippen LogP contribution in [0, 0.1) is 0 Å². The zero-order chi connectivity index (χ0) is 22.5. The minimum atomic E-state index is -1.02. The number of carbonyl (C=O) groups is 3. The van der Waals surface area contributed by atoms with Crippen LogP contribution in [0.4, 0.5) is 16.3 Å². The van der Waals surface area contributed by atoms with E-state index >= 15 is 0 Å². The third kappa shape index (κ3) is 5.36. The number of aromatic carboxylic acids is 1. The molecule has 2 aromatic carbocycles. The number of nitrogens with zero attached hydrogens (tertiary/aromatic N) is 1. The van der Waals surface area contributed by atoms with Gasteiger partial charge in [-0.3, -0.25) is 10.1 Å². The average Bonchev–Trinajstić information content (AvgIpc) is 3.11. The fourth-order valence-corrected chi connectivity index (χ4v) is 2.84. The predicted octanol–water partition coefficient (Wildman–Crippen LogP) is 3.47. The molecule has 0 spiro atoms. The van der Waals surface area contributed by atoms with Gasteiger partial charge in [-0.05, 0) is 42.3 Å². The van der Waals surface area contributed by atoms with Crippen molar-refractivity contribution in [1.29, 1.82) is 0 Å². The monoisotopic (exact) mass is 419 g/mol. The summed E-state index contributed by atoms with van der Waals surface area (Å²) in [5, 5.41) is 14.2. The second-order valence-electron chi connectivity index (χ2n) is 6.89. The Kier molecular flexibility index (Phi) is 6.15. The first-order valence-electron chi connectivity index (χ1n) is 9.28. The standard InChI is InChI=1S/C22H21N5O4/c1-12(2)14-7-9-16(10-8-14)24-22(31)27-20-18(19(23)28)25-17(26-20)11-13-3-5-15(6-4-13)21(29)30/h3-10H,1,11H2,2H3,(H2,23,28)(H,25,26)(H,29,30)(H2,24,27,31). The van der Waals surface area contributed by atoms with Gasteiger partial charge in [0.2, 0.25) is 0 Å². The molecule has 1 aromatic heterocycles. The molecule has 0 radical (unpaired) electrons. The molecule has 6 N–H and O–H groups in total. The molecule has 0 atom stereocenters. The Balaban J connectivity index is 1.72. The van der Waals surface area contributed by atoms with Crippen molar-refractivity contribution in [2.45, 2.75) is 13.3 Å². The molecule has 9 heteroatoms. The van der Waals surface area contributed by atoms with Crippen molar-refractivity contribution in [2.75, 3.05) is 10.6 Å². The number of primary amides is 1. The van der Waals surface area contributed by atoms with Gasteiger partial charge in [-0.2, -0.15) is 0 Å². The van der Waals surface area contributed by atoms with Gasteiger partial charge in [0.05, 0.1) is 5.56 Å². The SMILES string of the molecule is C=C(C)c1ccc(NC(=O)Nc2nc(Cc3ccc(C(=O)O)cc3)[nH]c2C(N)=O)cc1. The molecule has 3 aromatic rings. The molecule has 31 heavy (non-hydrogen) atoms. The smallest absolute Gasteiger partial charge is 0.335 e. The van der Waals surface area contributed by atoms with E-state index in [1.807, 2.05) is 19.1 Å². The normalized spacial score (nSPS) is 10.4. The number of amides is 3. The van der Waals surface area contributed by atoms with Gasteiger partial charge in [-0.15, -0.1) is 0 Å². The van der Waals surface area contributed by atoms with E-state index in [4.69, 9.17) is 10.8 Å². The van der Waals surface area contributed by atoms with Crippen LogP contribution < -0.4 is 16.4 Å². The highest BCUT2D eigenvalue weighted by Crippen LogP contribution is 2.18. The van der Waals surface area contributed by atoms with Crippen LogP contribution in [-0.4, -0.2) is 33.0 Å². The van der Waals surface area contributed by atoms with E-state index in [2.05, 4.69) is 27.2 Å². The third-order valence-electron chi connectivity index (χ3n) is 4.44. The van der Waals surface area contributed by atoms with Gasteiger partial charge in [-0.25, -0.2) is 14.6 Å². The van der Waals surface area contributed by atoms with Crippen molar-refractivity contribution in [3.8, 4) is 0 Å². The second-order valence-corrected chi connectivity index (χ2v) is 6.89. The Morgan fingerprint density at radius 1 is 1.03 bits per heavy atom. The number of benzene rings is 2. The van der Waals surface area contributed by atoms with E-state index in [1.165, 1.54) is 12.1 Å². The summed E-state index contributed by atoms with van der Waals surface area (Å²) in [5.74, 6) is -1.41. The van der Waals surface area contributed by atoms with E-state index in [0.29, 0.717) is 11.5 Å². The highest BCUT2D eigenvalue weighted by Gasteiger charge is 2.17. The molecule has 1 heterocycles. The lowest BCUT2D eigenvalue weighted by molar-refractivity contribution is 0.0696. The van der Waals surface area contributed by atoms with Crippen molar-refractivity contribution in [1.82, 2.24) is 9.97 Å². The Morgan fingerprint density at radius 3 is 2.19 bits per heavy atom. The highest BCUT2D eigenvalue weighted by atomic mass is 16.4. The number of aromatic nitrogens is 2. The number of imidazole rings is 1. The molecule has 0 aliphatic carbocycles. The molecule has 0 saturated carbocycles. The molecular formula is C22H21N5O4. The largest absolute Gasteiger partial charge is 0.478 e. The number of carboxylic acid groups (broad SMARTS) is 1. The summed E-state index contributed by atoms with van der Waals surface area (Å²) in [7, 11) is 0. The van der Waals surface area contributed by atoms with Crippen LogP contribution >= 0.6 is 0 Å². The summed E-state index contributed by atoms with van der Waals surface area (Å²) in [4.78, 5) is 42.1. The van der Waals surface area contributed by atoms with Crippen LogP contribution in [0.15, 0.2) is 55.1 Å². The van der Waals surface area contributed by atoms with E-state index in [-0.39, 0.29) is 23.5 Å². The number of carboxylic acids is 1. The molecule has 0 saturated heterocycles. The molecule has 9 nitrogen and oxygen atoms in total. The second kappa shape index (κ2) is 8.95. The van der Waals surface area contributed by atoms with Gasteiger partial charge in [-0.1, -0.05) is 36.4 Å². The number of allylic oxidation sites excluding steroid dienone is 1. The van der Waals surface area contributed by atoms with E-state index in [0.717, 1.165) is 16.7 Å². The van der Waals surface area contributed by atoms with Gasteiger partial charge in [0.25, 0.3) is 5.91 Å². The molecule has 0 bridgehead atoms. The maximum atomic E-state index is 12.3. The molecular weight excluding hydrogens is 398 g/mol. The van der Waals surface area contributed by atoms with Crippen molar-refractivity contribution in [3.05, 3.63) is 83.3 Å². The van der Waals surface area contributed by atoms with E-state index < -0.39 is 17.9 Å². The van der Waals surface area contributed by atoms with Gasteiger partial charge < -0.3 is 21.1 Å². The van der Waals surface area contributed by atoms with Crippen molar-refractivity contribution < 1.29 is 19.5 Å². The lowest BCUT2D eigenvalue weighted by Crippen LogP contribution is -2.22. The lowest BCUT2D eigenvalue weighted by Gasteiger charge is -2.07. The first kappa shape index (κ1) is 21.3. The Bertz CT molecular complexity index is 1150. The lowest BCUT2D eigenvalue weighted by atomic mass is 10.1. The van der Waals surface area contributed by atoms with Crippen molar-refractivity contribution in [3.63, 3.8) is 0 Å². The Morgan fingerprint density at radius 2 is 1.65 bits per heavy atom. The fraction of sp³-hybridized carbons (Fsp3) is 0.0909. The van der Waals surface area contributed by atoms with Crippen LogP contribution in [0.2, 0.25) is 0 Å². The van der Waals surface area contributed by atoms with E-state index in [1.54, 1.807) is 24.3 Å². The zero-order valence-electron chi connectivity index (χ0n) is 16.7. The van der Waals surface area contributed by atoms with Crippen molar-refractivity contribution in [2.24, 2.45) is 5.73 Å². The van der Waals surface area contributed by atoms with Gasteiger partial charge in [0.15, 0.2) is 5.82 Å². The number of urea groups is 1. The number of nitrogens with one attached hydrogen (secondary N) is 3. The third-order valence-corrected chi connectivity index (χ3v) is 4.44. The highest BCUT2D eigenvalue weighted by molar-refractivity contribution is 6.04. The van der Waals surface area contributed by atoms with Crippen molar-refractivity contribution >= 4 is 35.0 Å². The number of H-pyrrole nitrogens is 1. The predicted molar refractivity (Wildman–Crippen MR) is 117 cm³/mol.